The number of benzene rings is 1. The summed E-state index contributed by atoms with van der Waals surface area (Å²) in [5.41, 5.74) is 0.273. The molecule has 0 aromatic heterocycles. The van der Waals surface area contributed by atoms with Crippen LogP contribution in [0, 0.1) is 11.3 Å². The number of hydrogen-bond donors (Lipinski definition) is 1. The monoisotopic (exact) mass is 313 g/mol. The fraction of sp³-hybridized carbons (Fsp3) is 0.462. The average molecular weight is 314 g/mol. The zero-order chi connectivity index (χ0) is 14.8. The number of hydrogen-bond acceptors (Lipinski definition) is 4. The number of rotatable bonds is 3. The van der Waals surface area contributed by atoms with E-state index in [0.717, 1.165) is 25.9 Å². The van der Waals surface area contributed by atoms with Gasteiger partial charge in [-0.3, -0.25) is 0 Å². The van der Waals surface area contributed by atoms with Crippen molar-refractivity contribution >= 4 is 21.6 Å². The van der Waals surface area contributed by atoms with Crippen molar-refractivity contribution in [2.45, 2.75) is 23.8 Å². The Balaban J connectivity index is 2.30. The van der Waals surface area contributed by atoms with Gasteiger partial charge in [0.2, 0.25) is 10.0 Å². The lowest BCUT2D eigenvalue weighted by molar-refractivity contribution is 0.296. The summed E-state index contributed by atoms with van der Waals surface area (Å²) in [6.45, 7) is 1.64. The first-order chi connectivity index (χ1) is 9.46. The number of piperidine rings is 1. The molecule has 1 fully saturated rings. The third kappa shape index (κ3) is 2.96. The van der Waals surface area contributed by atoms with Crippen LogP contribution < -0.4 is 5.32 Å². The largest absolute Gasteiger partial charge is 0.317 e. The van der Waals surface area contributed by atoms with Crippen LogP contribution >= 0.6 is 11.6 Å². The van der Waals surface area contributed by atoms with Gasteiger partial charge in [0.05, 0.1) is 15.5 Å². The highest BCUT2D eigenvalue weighted by Gasteiger charge is 2.29. The second-order valence-electron chi connectivity index (χ2n) is 4.76. The predicted molar refractivity (Wildman–Crippen MR) is 77.0 cm³/mol. The van der Waals surface area contributed by atoms with Gasteiger partial charge < -0.3 is 5.32 Å². The summed E-state index contributed by atoms with van der Waals surface area (Å²) in [7, 11) is -1.98. The maximum atomic E-state index is 12.5. The zero-order valence-corrected chi connectivity index (χ0v) is 12.7. The smallest absolute Gasteiger partial charge is 0.243 e. The van der Waals surface area contributed by atoms with Gasteiger partial charge in [0, 0.05) is 13.1 Å². The molecular formula is C13H16ClN3O2S. The molecular weight excluding hydrogens is 298 g/mol. The van der Waals surface area contributed by atoms with E-state index in [9.17, 15) is 8.42 Å². The summed E-state index contributed by atoms with van der Waals surface area (Å²) < 4.78 is 26.5. The summed E-state index contributed by atoms with van der Waals surface area (Å²) in [4.78, 5) is 0.127. The molecule has 108 valence electrons. The molecule has 0 radical (unpaired) electrons. The van der Waals surface area contributed by atoms with Crippen LogP contribution in [0.4, 0.5) is 0 Å². The Labute approximate surface area is 124 Å². The Morgan fingerprint density at radius 3 is 2.60 bits per heavy atom. The van der Waals surface area contributed by atoms with Crippen molar-refractivity contribution < 1.29 is 8.42 Å². The summed E-state index contributed by atoms with van der Waals surface area (Å²) in [5, 5.41) is 12.2. The molecule has 1 N–H and O–H groups in total. The normalized spacial score (nSPS) is 17.1. The molecule has 1 heterocycles. The summed E-state index contributed by atoms with van der Waals surface area (Å²) in [6.07, 6.45) is 1.58. The molecule has 1 saturated heterocycles. The molecule has 1 aromatic carbocycles. The van der Waals surface area contributed by atoms with Gasteiger partial charge >= 0.3 is 0 Å². The van der Waals surface area contributed by atoms with Crippen LogP contribution in [0.15, 0.2) is 23.1 Å². The molecule has 0 atom stereocenters. The van der Waals surface area contributed by atoms with E-state index in [1.807, 2.05) is 6.07 Å². The van der Waals surface area contributed by atoms with Gasteiger partial charge in [-0.15, -0.1) is 0 Å². The van der Waals surface area contributed by atoms with Crippen molar-refractivity contribution in [3.05, 3.63) is 28.8 Å². The summed E-state index contributed by atoms with van der Waals surface area (Å²) >= 11 is 5.91. The maximum Gasteiger partial charge on any atom is 0.243 e. The van der Waals surface area contributed by atoms with E-state index in [1.165, 1.54) is 22.5 Å². The van der Waals surface area contributed by atoms with Crippen molar-refractivity contribution in [2.24, 2.45) is 0 Å². The van der Waals surface area contributed by atoms with Crippen LogP contribution in [0.5, 0.6) is 0 Å². The number of halogens is 1. The first-order valence-corrected chi connectivity index (χ1v) is 8.17. The van der Waals surface area contributed by atoms with E-state index in [2.05, 4.69) is 5.32 Å². The molecule has 0 unspecified atom stereocenters. The van der Waals surface area contributed by atoms with Gasteiger partial charge in [-0.05, 0) is 44.1 Å². The molecule has 1 aliphatic rings. The Morgan fingerprint density at radius 1 is 1.40 bits per heavy atom. The Morgan fingerprint density at radius 2 is 2.05 bits per heavy atom. The first-order valence-electron chi connectivity index (χ1n) is 6.35. The third-order valence-electron chi connectivity index (χ3n) is 3.56. The minimum atomic E-state index is -3.57. The lowest BCUT2D eigenvalue weighted by Crippen LogP contribution is -2.43. The highest BCUT2D eigenvalue weighted by molar-refractivity contribution is 7.89. The van der Waals surface area contributed by atoms with Crippen molar-refractivity contribution in [3.8, 4) is 6.07 Å². The standard InChI is InChI=1S/C13H16ClN3O2S/c1-17(11-4-6-16-7-5-11)20(18,19)12-3-2-10(9-15)13(14)8-12/h2-3,8,11,16H,4-7H2,1H3. The molecule has 2 rings (SSSR count). The summed E-state index contributed by atoms with van der Waals surface area (Å²) in [6, 6.07) is 6.12. The second kappa shape index (κ2) is 6.10. The number of nitrogens with zero attached hydrogens (tertiary/aromatic N) is 2. The SMILES string of the molecule is CN(C1CCNCC1)S(=O)(=O)c1ccc(C#N)c(Cl)c1. The summed E-state index contributed by atoms with van der Waals surface area (Å²) in [5.74, 6) is 0. The number of nitriles is 1. The van der Waals surface area contributed by atoms with Crippen LogP contribution in [0.1, 0.15) is 18.4 Å². The van der Waals surface area contributed by atoms with Gasteiger partial charge in [-0.1, -0.05) is 11.6 Å². The highest BCUT2D eigenvalue weighted by atomic mass is 35.5. The Hall–Kier alpha value is -1.13. The van der Waals surface area contributed by atoms with Crippen LogP contribution in [0.2, 0.25) is 5.02 Å². The van der Waals surface area contributed by atoms with E-state index in [0.29, 0.717) is 0 Å². The van der Waals surface area contributed by atoms with Gasteiger partial charge in [0.1, 0.15) is 6.07 Å². The molecule has 0 bridgehead atoms. The topological polar surface area (TPSA) is 73.2 Å². The van der Waals surface area contributed by atoms with E-state index in [1.54, 1.807) is 7.05 Å². The van der Waals surface area contributed by atoms with Crippen LogP contribution in [0.3, 0.4) is 0 Å². The van der Waals surface area contributed by atoms with Crippen molar-refractivity contribution in [3.63, 3.8) is 0 Å². The Kier molecular flexibility index (Phi) is 4.66. The minimum Gasteiger partial charge on any atom is -0.317 e. The molecule has 1 aliphatic heterocycles. The maximum absolute atomic E-state index is 12.5. The lowest BCUT2D eigenvalue weighted by Gasteiger charge is -2.30. The van der Waals surface area contributed by atoms with Crippen LogP contribution in [0.25, 0.3) is 0 Å². The molecule has 0 spiro atoms. The zero-order valence-electron chi connectivity index (χ0n) is 11.1. The van der Waals surface area contributed by atoms with Crippen molar-refractivity contribution in [1.82, 2.24) is 9.62 Å². The highest BCUT2D eigenvalue weighted by Crippen LogP contribution is 2.25. The second-order valence-corrected chi connectivity index (χ2v) is 7.16. The molecule has 1 aromatic rings. The number of nitrogens with one attached hydrogen (secondary N) is 1. The molecule has 20 heavy (non-hydrogen) atoms. The molecule has 5 nitrogen and oxygen atoms in total. The van der Waals surface area contributed by atoms with Gasteiger partial charge in [-0.25, -0.2) is 8.42 Å². The third-order valence-corrected chi connectivity index (χ3v) is 5.78. The van der Waals surface area contributed by atoms with Crippen molar-refractivity contribution in [2.75, 3.05) is 20.1 Å². The molecule has 7 heteroatoms. The van der Waals surface area contributed by atoms with Gasteiger partial charge in [-0.2, -0.15) is 9.57 Å². The van der Waals surface area contributed by atoms with Crippen molar-refractivity contribution in [1.29, 1.82) is 5.26 Å². The van der Waals surface area contributed by atoms with E-state index >= 15 is 0 Å². The fourth-order valence-corrected chi connectivity index (χ4v) is 4.01. The number of sulfonamides is 1. The minimum absolute atomic E-state index is 0.00401. The quantitative estimate of drug-likeness (QED) is 0.919. The van der Waals surface area contributed by atoms with E-state index in [4.69, 9.17) is 16.9 Å². The van der Waals surface area contributed by atoms with E-state index in [-0.39, 0.29) is 21.5 Å². The van der Waals surface area contributed by atoms with Crippen LogP contribution in [-0.4, -0.2) is 38.9 Å². The van der Waals surface area contributed by atoms with Gasteiger partial charge in [0.15, 0.2) is 0 Å². The predicted octanol–water partition coefficient (Wildman–Crippen LogP) is 1.58. The Bertz CT molecular complexity index is 634. The first kappa shape index (κ1) is 15.3. The average Bonchev–Trinajstić information content (AvgIpc) is 2.47. The molecule has 0 saturated carbocycles. The lowest BCUT2D eigenvalue weighted by atomic mass is 10.1. The molecule has 0 aliphatic carbocycles. The molecule has 0 amide bonds. The van der Waals surface area contributed by atoms with E-state index < -0.39 is 10.0 Å². The fourth-order valence-electron chi connectivity index (χ4n) is 2.28. The van der Waals surface area contributed by atoms with Gasteiger partial charge in [0.25, 0.3) is 0 Å². The van der Waals surface area contributed by atoms with Crippen LogP contribution in [-0.2, 0) is 10.0 Å².